The van der Waals surface area contributed by atoms with Crippen LogP contribution < -0.4 is 5.32 Å². The van der Waals surface area contributed by atoms with Crippen LogP contribution >= 0.6 is 0 Å². The molecule has 0 fully saturated rings. The number of phenolic OH excluding ortho intramolecular Hbond substituents is 2. The summed E-state index contributed by atoms with van der Waals surface area (Å²) in [4.78, 5) is 11.1. The molecule has 0 aromatic heterocycles. The van der Waals surface area contributed by atoms with Crippen LogP contribution in [0.4, 0.5) is 0 Å². The van der Waals surface area contributed by atoms with Crippen LogP contribution in [0.2, 0.25) is 0 Å². The van der Waals surface area contributed by atoms with Crippen LogP contribution in [-0.2, 0) is 11.2 Å². The van der Waals surface area contributed by atoms with Crippen molar-refractivity contribution in [3.05, 3.63) is 23.8 Å². The number of carbonyl (C=O) groups is 1. The Balaban J connectivity index is 2.57. The number of carboxylic acids is 1. The summed E-state index contributed by atoms with van der Waals surface area (Å²) in [5, 5.41) is 30.7. The molecule has 0 saturated carbocycles. The molecule has 1 rings (SSSR count). The predicted molar refractivity (Wildman–Crippen MR) is 72.4 cm³/mol. The quantitative estimate of drug-likeness (QED) is 0.426. The maximum absolute atomic E-state index is 11.1. The van der Waals surface area contributed by atoms with Crippen molar-refractivity contribution in [1.82, 2.24) is 5.32 Å². The molecular weight excluding hydrogens is 246 g/mol. The highest BCUT2D eigenvalue weighted by molar-refractivity contribution is 5.74. The van der Waals surface area contributed by atoms with Gasteiger partial charge in [0.15, 0.2) is 11.5 Å². The van der Waals surface area contributed by atoms with Crippen LogP contribution in [0.25, 0.3) is 0 Å². The molecule has 1 aromatic rings. The topological polar surface area (TPSA) is 89.8 Å². The van der Waals surface area contributed by atoms with Gasteiger partial charge in [-0.1, -0.05) is 25.8 Å². The average Bonchev–Trinajstić information content (AvgIpc) is 2.37. The van der Waals surface area contributed by atoms with Gasteiger partial charge in [0.2, 0.25) is 0 Å². The fraction of sp³-hybridized carbons (Fsp3) is 0.500. The zero-order chi connectivity index (χ0) is 14.3. The fourth-order valence-electron chi connectivity index (χ4n) is 1.83. The molecule has 106 valence electrons. The lowest BCUT2D eigenvalue weighted by Gasteiger charge is -2.14. The first kappa shape index (κ1) is 15.3. The number of phenols is 2. The summed E-state index contributed by atoms with van der Waals surface area (Å²) in [5.74, 6) is -1.34. The third-order valence-electron chi connectivity index (χ3n) is 2.95. The van der Waals surface area contributed by atoms with Gasteiger partial charge in [-0.05, 0) is 37.1 Å². The first-order chi connectivity index (χ1) is 9.04. The van der Waals surface area contributed by atoms with E-state index in [1.54, 1.807) is 6.07 Å². The van der Waals surface area contributed by atoms with E-state index in [4.69, 9.17) is 5.11 Å². The Morgan fingerprint density at radius 1 is 1.26 bits per heavy atom. The smallest absolute Gasteiger partial charge is 0.321 e. The third-order valence-corrected chi connectivity index (χ3v) is 2.95. The lowest BCUT2D eigenvalue weighted by atomic mass is 10.1. The van der Waals surface area contributed by atoms with Crippen molar-refractivity contribution in [2.75, 3.05) is 6.54 Å². The summed E-state index contributed by atoms with van der Waals surface area (Å²) in [5.41, 5.74) is 0.672. The highest BCUT2D eigenvalue weighted by atomic mass is 16.4. The number of carboxylic acid groups (broad SMARTS) is 1. The number of rotatable bonds is 8. The predicted octanol–water partition coefficient (Wildman–Crippen LogP) is 1.87. The molecule has 5 nitrogen and oxygen atoms in total. The zero-order valence-electron chi connectivity index (χ0n) is 11.1. The second kappa shape index (κ2) is 7.63. The Hall–Kier alpha value is -1.75. The standard InChI is InChI=1S/C14H21NO4/c1-2-3-4-7-15-11(14(18)19)8-10-5-6-12(16)13(17)9-10/h5-6,9,11,15-17H,2-4,7-8H2,1H3,(H,18,19)/t11-/m0/s1. The molecule has 0 aliphatic heterocycles. The van der Waals surface area contributed by atoms with Crippen LogP contribution in [0.1, 0.15) is 31.7 Å². The van der Waals surface area contributed by atoms with Gasteiger partial charge >= 0.3 is 5.97 Å². The fourth-order valence-corrected chi connectivity index (χ4v) is 1.83. The van der Waals surface area contributed by atoms with E-state index in [1.165, 1.54) is 12.1 Å². The van der Waals surface area contributed by atoms with Crippen LogP contribution in [0.5, 0.6) is 11.5 Å². The molecule has 0 bridgehead atoms. The Morgan fingerprint density at radius 2 is 2.00 bits per heavy atom. The Bertz CT molecular complexity index is 420. The molecule has 0 aliphatic rings. The normalized spacial score (nSPS) is 12.3. The number of nitrogens with one attached hydrogen (secondary N) is 1. The number of hydrogen-bond donors (Lipinski definition) is 4. The SMILES string of the molecule is CCCCCN[C@@H](Cc1ccc(O)c(O)c1)C(=O)O. The van der Waals surface area contributed by atoms with Gasteiger partial charge in [-0.3, -0.25) is 4.79 Å². The van der Waals surface area contributed by atoms with Crippen molar-refractivity contribution in [1.29, 1.82) is 0 Å². The summed E-state index contributed by atoms with van der Waals surface area (Å²) in [7, 11) is 0. The van der Waals surface area contributed by atoms with Gasteiger partial charge < -0.3 is 20.6 Å². The van der Waals surface area contributed by atoms with Crippen molar-refractivity contribution in [2.24, 2.45) is 0 Å². The summed E-state index contributed by atoms with van der Waals surface area (Å²) < 4.78 is 0. The van der Waals surface area contributed by atoms with Crippen LogP contribution in [-0.4, -0.2) is 33.9 Å². The Labute approximate surface area is 112 Å². The van der Waals surface area contributed by atoms with Crippen LogP contribution in [0, 0.1) is 0 Å². The maximum Gasteiger partial charge on any atom is 0.321 e. The molecule has 0 spiro atoms. The summed E-state index contributed by atoms with van der Waals surface area (Å²) >= 11 is 0. The highest BCUT2D eigenvalue weighted by Gasteiger charge is 2.17. The molecule has 0 heterocycles. The van der Waals surface area contributed by atoms with E-state index in [-0.39, 0.29) is 17.9 Å². The van der Waals surface area contributed by atoms with Crippen LogP contribution in [0.15, 0.2) is 18.2 Å². The molecule has 0 unspecified atom stereocenters. The van der Waals surface area contributed by atoms with Crippen molar-refractivity contribution < 1.29 is 20.1 Å². The lowest BCUT2D eigenvalue weighted by Crippen LogP contribution is -2.39. The Kier molecular flexibility index (Phi) is 6.15. The minimum atomic E-state index is -0.913. The number of hydrogen-bond acceptors (Lipinski definition) is 4. The van der Waals surface area contributed by atoms with Crippen LogP contribution in [0.3, 0.4) is 0 Å². The maximum atomic E-state index is 11.1. The first-order valence-corrected chi connectivity index (χ1v) is 6.51. The van der Waals surface area contributed by atoms with E-state index in [1.807, 2.05) is 0 Å². The van der Waals surface area contributed by atoms with Crippen molar-refractivity contribution in [3.8, 4) is 11.5 Å². The van der Waals surface area contributed by atoms with E-state index in [9.17, 15) is 15.0 Å². The monoisotopic (exact) mass is 267 g/mol. The largest absolute Gasteiger partial charge is 0.504 e. The minimum absolute atomic E-state index is 0.202. The molecule has 0 saturated heterocycles. The van der Waals surface area contributed by atoms with Gasteiger partial charge in [-0.2, -0.15) is 0 Å². The summed E-state index contributed by atoms with van der Waals surface area (Å²) in [6.45, 7) is 2.75. The van der Waals surface area contributed by atoms with Crippen molar-refractivity contribution >= 4 is 5.97 Å². The number of unbranched alkanes of at least 4 members (excludes halogenated alkanes) is 2. The number of aromatic hydroxyl groups is 2. The molecule has 19 heavy (non-hydrogen) atoms. The van der Waals surface area contributed by atoms with E-state index in [0.717, 1.165) is 19.3 Å². The van der Waals surface area contributed by atoms with E-state index < -0.39 is 12.0 Å². The van der Waals surface area contributed by atoms with Gasteiger partial charge in [0.1, 0.15) is 6.04 Å². The number of aliphatic carboxylic acids is 1. The van der Waals surface area contributed by atoms with E-state index >= 15 is 0 Å². The summed E-state index contributed by atoms with van der Waals surface area (Å²) in [6.07, 6.45) is 3.38. The van der Waals surface area contributed by atoms with E-state index in [0.29, 0.717) is 12.1 Å². The van der Waals surface area contributed by atoms with Gasteiger partial charge in [0, 0.05) is 0 Å². The molecule has 0 aliphatic carbocycles. The molecule has 0 amide bonds. The minimum Gasteiger partial charge on any atom is -0.504 e. The Morgan fingerprint density at radius 3 is 2.58 bits per heavy atom. The highest BCUT2D eigenvalue weighted by Crippen LogP contribution is 2.25. The van der Waals surface area contributed by atoms with Gasteiger partial charge in [0.05, 0.1) is 0 Å². The van der Waals surface area contributed by atoms with Crippen molar-refractivity contribution in [3.63, 3.8) is 0 Å². The molecule has 5 heteroatoms. The third kappa shape index (κ3) is 5.18. The molecule has 0 radical (unpaired) electrons. The number of benzene rings is 1. The van der Waals surface area contributed by atoms with Gasteiger partial charge in [-0.15, -0.1) is 0 Å². The molecular formula is C14H21NO4. The molecule has 4 N–H and O–H groups in total. The molecule has 1 aromatic carbocycles. The first-order valence-electron chi connectivity index (χ1n) is 6.51. The second-order valence-corrected chi connectivity index (χ2v) is 4.58. The average molecular weight is 267 g/mol. The second-order valence-electron chi connectivity index (χ2n) is 4.58. The van der Waals surface area contributed by atoms with E-state index in [2.05, 4.69) is 12.2 Å². The van der Waals surface area contributed by atoms with Gasteiger partial charge in [0.25, 0.3) is 0 Å². The molecule has 1 atom stereocenters. The lowest BCUT2D eigenvalue weighted by molar-refractivity contribution is -0.139. The van der Waals surface area contributed by atoms with Crippen molar-refractivity contribution in [2.45, 2.75) is 38.6 Å². The van der Waals surface area contributed by atoms with Gasteiger partial charge in [-0.25, -0.2) is 0 Å². The summed E-state index contributed by atoms with van der Waals surface area (Å²) in [6, 6.07) is 3.68. The zero-order valence-corrected chi connectivity index (χ0v) is 11.1.